The van der Waals surface area contributed by atoms with Gasteiger partial charge in [-0.15, -0.1) is 0 Å². The fraction of sp³-hybridized carbons (Fsp3) is 0.462. The van der Waals surface area contributed by atoms with Crippen LogP contribution in [-0.4, -0.2) is 14.0 Å². The van der Waals surface area contributed by atoms with Crippen molar-refractivity contribution < 1.29 is 9.53 Å². The lowest BCUT2D eigenvalue weighted by Gasteiger charge is -2.15. The topological polar surface area (TPSA) is 26.3 Å². The number of rotatable bonds is 4. The van der Waals surface area contributed by atoms with Gasteiger partial charge >= 0.3 is 5.97 Å². The van der Waals surface area contributed by atoms with Crippen molar-refractivity contribution in [3.63, 3.8) is 0 Å². The normalized spacial score (nSPS) is 11.2. The Morgan fingerprint density at radius 2 is 1.62 bits per heavy atom. The zero-order valence-electron chi connectivity index (χ0n) is 10.5. The summed E-state index contributed by atoms with van der Waals surface area (Å²) < 4.78 is 4.94. The highest BCUT2D eigenvalue weighted by Gasteiger charge is 2.13. The molecule has 0 saturated carbocycles. The van der Waals surface area contributed by atoms with Crippen molar-refractivity contribution in [3.05, 3.63) is 35.4 Å². The summed E-state index contributed by atoms with van der Waals surface area (Å²) in [5.74, 6) is -0.230. The first-order valence-electron chi connectivity index (χ1n) is 5.58. The quantitative estimate of drug-likeness (QED) is 0.593. The Morgan fingerprint density at radius 1 is 1.12 bits per heavy atom. The van der Waals surface area contributed by atoms with Crippen molar-refractivity contribution in [2.75, 3.05) is 0 Å². The van der Waals surface area contributed by atoms with Gasteiger partial charge in [-0.1, -0.05) is 49.5 Å². The largest absolute Gasteiger partial charge is 0.461 e. The van der Waals surface area contributed by atoms with E-state index in [0.29, 0.717) is 6.61 Å². The molecular formula is C13H20O2Si. The number of hydrogen-bond donors (Lipinski definition) is 0. The summed E-state index contributed by atoms with van der Waals surface area (Å²) in [7, 11) is -1.04. The lowest BCUT2D eigenvalue weighted by atomic mass is 10.2. The van der Waals surface area contributed by atoms with Crippen LogP contribution in [0.25, 0.3) is 0 Å². The van der Waals surface area contributed by atoms with E-state index in [2.05, 4.69) is 31.8 Å². The van der Waals surface area contributed by atoms with Gasteiger partial charge in [0.1, 0.15) is 6.61 Å². The van der Waals surface area contributed by atoms with Crippen LogP contribution in [0.2, 0.25) is 19.6 Å². The van der Waals surface area contributed by atoms with Crippen LogP contribution in [0.15, 0.2) is 24.3 Å². The van der Waals surface area contributed by atoms with Crippen LogP contribution in [0.5, 0.6) is 0 Å². The molecular weight excluding hydrogens is 216 g/mol. The minimum absolute atomic E-state index is 0.230. The number of esters is 1. The third-order valence-electron chi connectivity index (χ3n) is 2.20. The van der Waals surface area contributed by atoms with Crippen LogP contribution >= 0.6 is 0 Å². The summed E-state index contributed by atoms with van der Waals surface area (Å²) in [6.07, 6.45) is 0. The predicted molar refractivity (Wildman–Crippen MR) is 69.0 cm³/mol. The lowest BCUT2D eigenvalue weighted by Crippen LogP contribution is -2.23. The van der Waals surface area contributed by atoms with Gasteiger partial charge in [0.15, 0.2) is 0 Å². The van der Waals surface area contributed by atoms with Crippen molar-refractivity contribution >= 4 is 14.0 Å². The molecule has 16 heavy (non-hydrogen) atoms. The molecule has 0 radical (unpaired) electrons. The van der Waals surface area contributed by atoms with Gasteiger partial charge in [0.2, 0.25) is 0 Å². The maximum atomic E-state index is 10.7. The smallest absolute Gasteiger partial charge is 0.302 e. The van der Waals surface area contributed by atoms with Crippen LogP contribution in [0.4, 0.5) is 0 Å². The third-order valence-corrected chi connectivity index (χ3v) is 3.67. The molecule has 1 aromatic rings. The van der Waals surface area contributed by atoms with Crippen molar-refractivity contribution in [2.24, 2.45) is 0 Å². The zero-order valence-corrected chi connectivity index (χ0v) is 11.5. The Labute approximate surface area is 98.6 Å². The third kappa shape index (κ3) is 5.12. The summed E-state index contributed by atoms with van der Waals surface area (Å²) >= 11 is 0. The standard InChI is InChI=1S/C13H20O2Si/c1-11(14)15-9-12-5-7-13(8-6-12)10-16(2,3)4/h5-8H,9-10H2,1-4H3. The molecule has 1 aromatic carbocycles. The molecule has 0 aliphatic carbocycles. The summed E-state index contributed by atoms with van der Waals surface area (Å²) in [6, 6.07) is 9.55. The van der Waals surface area contributed by atoms with Crippen LogP contribution < -0.4 is 0 Å². The fourth-order valence-electron chi connectivity index (χ4n) is 1.55. The SMILES string of the molecule is CC(=O)OCc1ccc(C[Si](C)(C)C)cc1. The summed E-state index contributed by atoms with van der Waals surface area (Å²) in [5.41, 5.74) is 2.43. The minimum atomic E-state index is -1.04. The monoisotopic (exact) mass is 236 g/mol. The van der Waals surface area contributed by atoms with E-state index in [4.69, 9.17) is 4.74 Å². The van der Waals surface area contributed by atoms with Gasteiger partial charge in [-0.05, 0) is 11.6 Å². The van der Waals surface area contributed by atoms with Crippen molar-refractivity contribution in [1.29, 1.82) is 0 Å². The van der Waals surface area contributed by atoms with Crippen molar-refractivity contribution in [1.82, 2.24) is 0 Å². The molecule has 1 rings (SSSR count). The van der Waals surface area contributed by atoms with E-state index in [1.807, 2.05) is 12.1 Å². The fourth-order valence-corrected chi connectivity index (χ4v) is 3.01. The average molecular weight is 236 g/mol. The molecule has 0 saturated heterocycles. The van der Waals surface area contributed by atoms with Gasteiger partial charge in [0.25, 0.3) is 0 Å². The summed E-state index contributed by atoms with van der Waals surface area (Å²) in [4.78, 5) is 10.7. The van der Waals surface area contributed by atoms with Crippen molar-refractivity contribution in [3.8, 4) is 0 Å². The number of hydrogen-bond acceptors (Lipinski definition) is 2. The number of benzene rings is 1. The molecule has 0 N–H and O–H groups in total. The minimum Gasteiger partial charge on any atom is -0.461 e. The van der Waals surface area contributed by atoms with E-state index in [9.17, 15) is 4.79 Å². The first kappa shape index (κ1) is 13.0. The molecule has 88 valence electrons. The second kappa shape index (κ2) is 5.30. The van der Waals surface area contributed by atoms with Gasteiger partial charge in [-0.25, -0.2) is 0 Å². The summed E-state index contributed by atoms with van der Waals surface area (Å²) in [5, 5.41) is 0. The van der Waals surface area contributed by atoms with E-state index < -0.39 is 8.07 Å². The Bertz CT molecular complexity index is 349. The Balaban J connectivity index is 2.57. The molecule has 0 unspecified atom stereocenters. The highest BCUT2D eigenvalue weighted by atomic mass is 28.3. The Morgan fingerprint density at radius 3 is 2.06 bits per heavy atom. The van der Waals surface area contributed by atoms with E-state index in [-0.39, 0.29) is 5.97 Å². The van der Waals surface area contributed by atoms with E-state index in [0.717, 1.165) is 5.56 Å². The van der Waals surface area contributed by atoms with Gasteiger partial charge in [0, 0.05) is 15.0 Å². The highest BCUT2D eigenvalue weighted by Crippen LogP contribution is 2.13. The van der Waals surface area contributed by atoms with E-state index in [1.54, 1.807) is 0 Å². The van der Waals surface area contributed by atoms with E-state index >= 15 is 0 Å². The van der Waals surface area contributed by atoms with Crippen LogP contribution in [0.3, 0.4) is 0 Å². The maximum Gasteiger partial charge on any atom is 0.302 e. The van der Waals surface area contributed by atoms with Gasteiger partial charge in [0.05, 0.1) is 0 Å². The highest BCUT2D eigenvalue weighted by molar-refractivity contribution is 6.75. The molecule has 0 amide bonds. The van der Waals surface area contributed by atoms with Crippen molar-refractivity contribution in [2.45, 2.75) is 39.2 Å². The Hall–Kier alpha value is -1.09. The molecule has 0 aliphatic rings. The molecule has 0 bridgehead atoms. The van der Waals surface area contributed by atoms with Gasteiger partial charge < -0.3 is 4.74 Å². The lowest BCUT2D eigenvalue weighted by molar-refractivity contribution is -0.142. The Kier molecular flexibility index (Phi) is 4.30. The zero-order chi connectivity index (χ0) is 12.2. The maximum absolute atomic E-state index is 10.7. The van der Waals surface area contributed by atoms with Gasteiger partial charge in [-0.3, -0.25) is 4.79 Å². The first-order valence-corrected chi connectivity index (χ1v) is 9.29. The number of carbonyl (C=O) groups is 1. The van der Waals surface area contributed by atoms with Crippen LogP contribution in [0, 0.1) is 0 Å². The molecule has 0 heterocycles. The van der Waals surface area contributed by atoms with Crippen LogP contribution in [0.1, 0.15) is 18.1 Å². The molecule has 0 aliphatic heterocycles. The molecule has 0 aromatic heterocycles. The summed E-state index contributed by atoms with van der Waals surface area (Å²) in [6.45, 7) is 8.89. The second-order valence-corrected chi connectivity index (χ2v) is 10.8. The number of ether oxygens (including phenoxy) is 1. The predicted octanol–water partition coefficient (Wildman–Crippen LogP) is 3.17. The van der Waals surface area contributed by atoms with Crippen LogP contribution in [-0.2, 0) is 22.2 Å². The second-order valence-electron chi connectivity index (χ2n) is 5.33. The molecule has 0 spiro atoms. The molecule has 0 atom stereocenters. The molecule has 0 fully saturated rings. The van der Waals surface area contributed by atoms with E-state index in [1.165, 1.54) is 18.5 Å². The number of carbonyl (C=O) groups excluding carboxylic acids is 1. The first-order chi connectivity index (χ1) is 7.37. The molecule has 2 nitrogen and oxygen atoms in total. The molecule has 3 heteroatoms. The average Bonchev–Trinajstić information content (AvgIpc) is 2.14. The van der Waals surface area contributed by atoms with Gasteiger partial charge in [-0.2, -0.15) is 0 Å².